The standard InChI is InChI=1S/C11H23S/c1-4-5-6-7-8-9-12-10-11(2)3/h9,11H,4-8,10H2,1-3H3. The summed E-state index contributed by atoms with van der Waals surface area (Å²) in [4.78, 5) is 0. The smallest absolute Gasteiger partial charge is 0.0166 e. The van der Waals surface area contributed by atoms with Crippen molar-refractivity contribution in [2.24, 2.45) is 5.92 Å². The van der Waals surface area contributed by atoms with Gasteiger partial charge in [-0.25, -0.2) is 0 Å². The van der Waals surface area contributed by atoms with Crippen LogP contribution in [-0.4, -0.2) is 5.75 Å². The summed E-state index contributed by atoms with van der Waals surface area (Å²) in [7, 11) is 0. The van der Waals surface area contributed by atoms with Gasteiger partial charge < -0.3 is 0 Å². The molecule has 0 rings (SSSR count). The zero-order valence-corrected chi connectivity index (χ0v) is 9.62. The molecule has 0 N–H and O–H groups in total. The van der Waals surface area contributed by atoms with Gasteiger partial charge in [-0.1, -0.05) is 46.5 Å². The molecule has 0 nitrogen and oxygen atoms in total. The minimum atomic E-state index is 0.835. The van der Waals surface area contributed by atoms with Gasteiger partial charge in [0.15, 0.2) is 0 Å². The lowest BCUT2D eigenvalue weighted by Gasteiger charge is -2.03. The van der Waals surface area contributed by atoms with E-state index in [2.05, 4.69) is 26.5 Å². The van der Waals surface area contributed by atoms with E-state index < -0.39 is 0 Å². The molecule has 1 heteroatoms. The van der Waals surface area contributed by atoms with Gasteiger partial charge in [0.25, 0.3) is 0 Å². The van der Waals surface area contributed by atoms with Crippen LogP contribution in [0.4, 0.5) is 0 Å². The Balaban J connectivity index is 2.82. The Morgan fingerprint density at radius 1 is 1.17 bits per heavy atom. The summed E-state index contributed by atoms with van der Waals surface area (Å²) < 4.78 is 0. The normalized spacial score (nSPS) is 11.0. The van der Waals surface area contributed by atoms with E-state index in [1.165, 1.54) is 37.9 Å². The summed E-state index contributed by atoms with van der Waals surface area (Å²) in [5.41, 5.74) is 0. The monoisotopic (exact) mass is 187 g/mol. The van der Waals surface area contributed by atoms with Gasteiger partial charge in [0.05, 0.1) is 0 Å². The number of rotatable bonds is 8. The molecule has 0 heterocycles. The Morgan fingerprint density at radius 2 is 1.92 bits per heavy atom. The second-order valence-electron chi connectivity index (χ2n) is 3.74. The first-order valence-corrected chi connectivity index (χ1v) is 6.25. The van der Waals surface area contributed by atoms with E-state index in [1.807, 2.05) is 11.8 Å². The molecule has 0 unspecified atom stereocenters. The number of unbranched alkanes of at least 4 members (excludes halogenated alkanes) is 4. The van der Waals surface area contributed by atoms with Crippen molar-refractivity contribution in [1.82, 2.24) is 0 Å². The van der Waals surface area contributed by atoms with E-state index >= 15 is 0 Å². The number of hydrogen-bond acceptors (Lipinski definition) is 1. The van der Waals surface area contributed by atoms with Gasteiger partial charge in [-0.2, -0.15) is 11.8 Å². The molecular formula is C11H23S. The number of thioether (sulfide) groups is 1. The molecule has 0 saturated heterocycles. The maximum absolute atomic E-state index is 2.38. The van der Waals surface area contributed by atoms with Crippen molar-refractivity contribution in [2.45, 2.75) is 52.9 Å². The third-order valence-electron chi connectivity index (χ3n) is 1.72. The Hall–Kier alpha value is 0.350. The molecule has 0 fully saturated rings. The van der Waals surface area contributed by atoms with E-state index in [1.54, 1.807) is 0 Å². The quantitative estimate of drug-likeness (QED) is 0.504. The van der Waals surface area contributed by atoms with Crippen LogP contribution in [0.3, 0.4) is 0 Å². The van der Waals surface area contributed by atoms with Crippen LogP contribution in [-0.2, 0) is 0 Å². The topological polar surface area (TPSA) is 0 Å². The molecule has 0 amide bonds. The fourth-order valence-corrected chi connectivity index (χ4v) is 1.85. The van der Waals surface area contributed by atoms with Crippen LogP contribution in [0.5, 0.6) is 0 Å². The highest BCUT2D eigenvalue weighted by Gasteiger charge is 1.94. The zero-order valence-electron chi connectivity index (χ0n) is 8.81. The van der Waals surface area contributed by atoms with Crippen molar-refractivity contribution < 1.29 is 0 Å². The molecule has 0 aliphatic rings. The van der Waals surface area contributed by atoms with Crippen molar-refractivity contribution in [3.63, 3.8) is 0 Å². The molecule has 12 heavy (non-hydrogen) atoms. The minimum absolute atomic E-state index is 0.835. The zero-order chi connectivity index (χ0) is 9.23. The Labute approximate surface area is 82.5 Å². The summed E-state index contributed by atoms with van der Waals surface area (Å²) >= 11 is 1.99. The molecule has 0 saturated carbocycles. The summed E-state index contributed by atoms with van der Waals surface area (Å²) in [5, 5.41) is 0. The van der Waals surface area contributed by atoms with Crippen molar-refractivity contribution in [2.75, 3.05) is 5.75 Å². The average Bonchev–Trinajstić information content (AvgIpc) is 2.02. The van der Waals surface area contributed by atoms with Gasteiger partial charge >= 0.3 is 0 Å². The first-order valence-electron chi connectivity index (χ1n) is 5.20. The van der Waals surface area contributed by atoms with E-state index in [0.717, 1.165) is 5.92 Å². The molecule has 0 aromatic carbocycles. The summed E-state index contributed by atoms with van der Waals surface area (Å²) in [6.45, 7) is 6.81. The van der Waals surface area contributed by atoms with Crippen LogP contribution >= 0.6 is 11.8 Å². The SMILES string of the molecule is CCCCCC[CH]SCC(C)C. The third-order valence-corrected chi connectivity index (χ3v) is 3.05. The van der Waals surface area contributed by atoms with Crippen LogP contribution in [0.2, 0.25) is 0 Å². The maximum Gasteiger partial charge on any atom is 0.0166 e. The predicted molar refractivity (Wildman–Crippen MR) is 60.4 cm³/mol. The van der Waals surface area contributed by atoms with E-state index in [9.17, 15) is 0 Å². The van der Waals surface area contributed by atoms with Crippen LogP contribution in [0, 0.1) is 11.7 Å². The fraction of sp³-hybridized carbons (Fsp3) is 0.909. The molecule has 0 spiro atoms. The lowest BCUT2D eigenvalue weighted by molar-refractivity contribution is 0.670. The Morgan fingerprint density at radius 3 is 2.50 bits per heavy atom. The van der Waals surface area contributed by atoms with Crippen LogP contribution in [0.25, 0.3) is 0 Å². The van der Waals surface area contributed by atoms with Gasteiger partial charge in [-0.3, -0.25) is 0 Å². The Kier molecular flexibility index (Phi) is 9.71. The molecule has 0 aromatic heterocycles. The molecule has 0 atom stereocenters. The second-order valence-corrected chi connectivity index (χ2v) is 4.74. The highest BCUT2D eigenvalue weighted by molar-refractivity contribution is 8.01. The third kappa shape index (κ3) is 10.3. The van der Waals surface area contributed by atoms with Crippen molar-refractivity contribution in [3.05, 3.63) is 5.75 Å². The van der Waals surface area contributed by atoms with Crippen LogP contribution < -0.4 is 0 Å². The lowest BCUT2D eigenvalue weighted by atomic mass is 10.2. The van der Waals surface area contributed by atoms with Crippen LogP contribution in [0.15, 0.2) is 0 Å². The van der Waals surface area contributed by atoms with Gasteiger partial charge in [-0.05, 0) is 18.1 Å². The molecule has 0 aromatic rings. The molecule has 1 radical (unpaired) electrons. The largest absolute Gasteiger partial charge is 0.157 e. The maximum atomic E-state index is 2.38. The number of hydrogen-bond donors (Lipinski definition) is 0. The molecule has 0 aliphatic carbocycles. The van der Waals surface area contributed by atoms with Crippen molar-refractivity contribution in [3.8, 4) is 0 Å². The van der Waals surface area contributed by atoms with Gasteiger partial charge in [0, 0.05) is 5.75 Å². The molecule has 0 aliphatic heterocycles. The molecule has 0 bridgehead atoms. The first-order chi connectivity index (χ1) is 5.77. The molecular weight excluding hydrogens is 164 g/mol. The van der Waals surface area contributed by atoms with E-state index in [0.29, 0.717) is 0 Å². The minimum Gasteiger partial charge on any atom is -0.157 e. The van der Waals surface area contributed by atoms with E-state index in [4.69, 9.17) is 0 Å². The second kappa shape index (κ2) is 9.44. The summed E-state index contributed by atoms with van der Waals surface area (Å²) in [5.74, 6) is 4.51. The van der Waals surface area contributed by atoms with Gasteiger partial charge in [0.2, 0.25) is 0 Å². The molecule has 73 valence electrons. The lowest BCUT2D eigenvalue weighted by Crippen LogP contribution is -1.89. The van der Waals surface area contributed by atoms with Gasteiger partial charge in [-0.15, -0.1) is 0 Å². The summed E-state index contributed by atoms with van der Waals surface area (Å²) in [6.07, 6.45) is 6.85. The summed E-state index contributed by atoms with van der Waals surface area (Å²) in [6, 6.07) is 0. The average molecular weight is 187 g/mol. The highest BCUT2D eigenvalue weighted by atomic mass is 32.2. The first kappa shape index (κ1) is 12.3. The van der Waals surface area contributed by atoms with E-state index in [-0.39, 0.29) is 0 Å². The van der Waals surface area contributed by atoms with Crippen molar-refractivity contribution >= 4 is 11.8 Å². The van der Waals surface area contributed by atoms with Crippen molar-refractivity contribution in [1.29, 1.82) is 0 Å². The fourth-order valence-electron chi connectivity index (χ4n) is 0.998. The highest BCUT2D eigenvalue weighted by Crippen LogP contribution is 2.15. The Bertz CT molecular complexity index is 79.1. The van der Waals surface area contributed by atoms with Crippen LogP contribution in [0.1, 0.15) is 52.9 Å². The predicted octanol–water partition coefficient (Wildman–Crippen LogP) is 4.51. The van der Waals surface area contributed by atoms with Gasteiger partial charge in [0.1, 0.15) is 0 Å².